The van der Waals surface area contributed by atoms with Crippen molar-refractivity contribution in [2.45, 2.75) is 48.4 Å². The molecule has 0 aromatic carbocycles. The first-order valence-corrected chi connectivity index (χ1v) is 8.45. The van der Waals surface area contributed by atoms with E-state index in [1.807, 2.05) is 0 Å². The van der Waals surface area contributed by atoms with E-state index in [2.05, 4.69) is 4.98 Å². The molecule has 0 aliphatic heterocycles. The number of pyridine rings is 1. The molecule has 1 saturated carbocycles. The number of hydrogen-bond donors (Lipinski definition) is 1. The molecular formula is C13H17F2IN2. The molecule has 2 rings (SSSR count). The van der Waals surface area contributed by atoms with Gasteiger partial charge >= 0.3 is 0 Å². The van der Waals surface area contributed by atoms with E-state index in [1.54, 1.807) is 18.3 Å². The van der Waals surface area contributed by atoms with Crippen LogP contribution in [0.4, 0.5) is 8.78 Å². The van der Waals surface area contributed by atoms with Crippen LogP contribution < -0.4 is 0 Å². The predicted molar refractivity (Wildman–Crippen MR) is 75.6 cm³/mol. The van der Waals surface area contributed by atoms with E-state index >= 15 is 0 Å². The molecule has 100 valence electrons. The first-order chi connectivity index (χ1) is 8.65. The number of nitrogens with one attached hydrogen (secondary N) is 1. The zero-order valence-corrected chi connectivity index (χ0v) is 12.3. The fourth-order valence-electron chi connectivity index (χ4n) is 2.39. The topological polar surface area (TPSA) is 36.7 Å². The van der Waals surface area contributed by atoms with Crippen molar-refractivity contribution in [2.75, 3.05) is 0 Å². The van der Waals surface area contributed by atoms with Crippen LogP contribution in [0.5, 0.6) is 0 Å². The predicted octanol–water partition coefficient (Wildman–Crippen LogP) is 4.48. The summed E-state index contributed by atoms with van der Waals surface area (Å²) in [6.45, 7) is -0.574. The van der Waals surface area contributed by atoms with Crippen LogP contribution in [-0.4, -0.2) is 14.6 Å². The third kappa shape index (κ3) is 3.52. The standard InChI is InChI=1S/C13H17F2IN2/c14-8-12-2-1-10(9-18-12)7-13(15)5-3-11(16-17)4-6-13/h1-2,9,11,17H,3-8H2. The van der Waals surface area contributed by atoms with Gasteiger partial charge in [-0.2, -0.15) is 0 Å². The lowest BCUT2D eigenvalue weighted by Crippen LogP contribution is -2.32. The van der Waals surface area contributed by atoms with Gasteiger partial charge in [-0.15, -0.1) is 0 Å². The smallest absolute Gasteiger partial charge is 0.131 e. The lowest BCUT2D eigenvalue weighted by Gasteiger charge is -2.32. The second-order valence-electron chi connectivity index (χ2n) is 4.90. The van der Waals surface area contributed by atoms with E-state index in [1.165, 1.54) is 0 Å². The molecule has 0 amide bonds. The molecule has 1 aromatic rings. The summed E-state index contributed by atoms with van der Waals surface area (Å²) in [4.78, 5) is 3.96. The molecule has 1 fully saturated rings. The summed E-state index contributed by atoms with van der Waals surface area (Å²) in [6, 6.07) is 3.40. The monoisotopic (exact) mass is 366 g/mol. The third-order valence-electron chi connectivity index (χ3n) is 3.51. The maximum absolute atomic E-state index is 14.6. The maximum Gasteiger partial charge on any atom is 0.131 e. The highest BCUT2D eigenvalue weighted by atomic mass is 127. The summed E-state index contributed by atoms with van der Waals surface area (Å²) in [7, 11) is 0. The van der Waals surface area contributed by atoms with Gasteiger partial charge in [0, 0.05) is 16.5 Å². The van der Waals surface area contributed by atoms with Crippen LogP contribution in [0.2, 0.25) is 0 Å². The minimum absolute atomic E-state index is 0.371. The molecule has 0 saturated heterocycles. The Morgan fingerprint density at radius 1 is 1.39 bits per heavy atom. The molecule has 1 aliphatic rings. The van der Waals surface area contributed by atoms with Crippen LogP contribution >= 0.6 is 21.0 Å². The van der Waals surface area contributed by atoms with Crippen LogP contribution in [0.3, 0.4) is 0 Å². The molecule has 5 heteroatoms. The second kappa shape index (κ2) is 6.12. The first-order valence-electron chi connectivity index (χ1n) is 6.13. The van der Waals surface area contributed by atoms with Crippen molar-refractivity contribution in [2.24, 2.45) is 0 Å². The number of nitrogens with zero attached hydrogens (tertiary/aromatic N) is 1. The van der Waals surface area contributed by atoms with E-state index in [0.717, 1.165) is 18.4 Å². The largest absolute Gasteiger partial charge is 0.278 e. The van der Waals surface area contributed by atoms with Gasteiger partial charge < -0.3 is 0 Å². The molecular weight excluding hydrogens is 349 g/mol. The summed E-state index contributed by atoms with van der Waals surface area (Å²) in [5.74, 6) is 0. The molecule has 0 atom stereocenters. The average molecular weight is 366 g/mol. The molecule has 1 N–H and O–H groups in total. The Hall–Kier alpha value is -0.460. The average Bonchev–Trinajstić information content (AvgIpc) is 2.40. The molecule has 2 nitrogen and oxygen atoms in total. The Morgan fingerprint density at radius 3 is 2.61 bits per heavy atom. The molecule has 18 heavy (non-hydrogen) atoms. The van der Waals surface area contributed by atoms with Crippen LogP contribution in [0.15, 0.2) is 18.3 Å². The van der Waals surface area contributed by atoms with E-state index in [4.69, 9.17) is 3.56 Å². The Labute approximate surface area is 116 Å². The summed E-state index contributed by atoms with van der Waals surface area (Å²) >= 11 is -0.494. The highest BCUT2D eigenvalue weighted by Gasteiger charge is 2.35. The molecule has 0 bridgehead atoms. The highest BCUT2D eigenvalue weighted by Crippen LogP contribution is 2.38. The van der Waals surface area contributed by atoms with Gasteiger partial charge in [0.15, 0.2) is 0 Å². The molecule has 1 aliphatic carbocycles. The fourth-order valence-corrected chi connectivity index (χ4v) is 3.64. The quantitative estimate of drug-likeness (QED) is 0.619. The van der Waals surface area contributed by atoms with Gasteiger partial charge in [-0.3, -0.25) is 8.55 Å². The van der Waals surface area contributed by atoms with Gasteiger partial charge in [0.25, 0.3) is 0 Å². The first kappa shape index (κ1) is 14.0. The van der Waals surface area contributed by atoms with Crippen molar-refractivity contribution in [3.8, 4) is 0 Å². The normalized spacial score (nSPS) is 28.2. The summed E-state index contributed by atoms with van der Waals surface area (Å²) in [6.07, 6.45) is 4.77. The number of rotatable bonds is 4. The second-order valence-corrected chi connectivity index (χ2v) is 7.29. The molecule has 1 aromatic heterocycles. The number of hydrogen-bond acceptors (Lipinski definition) is 2. The zero-order chi connectivity index (χ0) is 13.0. The van der Waals surface area contributed by atoms with E-state index in [0.29, 0.717) is 28.9 Å². The molecule has 1 heterocycles. The third-order valence-corrected chi connectivity index (χ3v) is 5.64. The maximum atomic E-state index is 14.6. The highest BCUT2D eigenvalue weighted by molar-refractivity contribution is 14.1. The van der Waals surface area contributed by atoms with Gasteiger partial charge in [0.2, 0.25) is 0 Å². The minimum Gasteiger partial charge on any atom is -0.278 e. The van der Waals surface area contributed by atoms with Gasteiger partial charge in [0.1, 0.15) is 12.3 Å². The van der Waals surface area contributed by atoms with Crippen molar-refractivity contribution in [3.05, 3.63) is 29.6 Å². The van der Waals surface area contributed by atoms with E-state index in [9.17, 15) is 8.78 Å². The molecule has 0 unspecified atom stereocenters. The summed E-state index contributed by atoms with van der Waals surface area (Å²) in [5.41, 5.74) is 0.0944. The zero-order valence-electron chi connectivity index (χ0n) is 10.1. The van der Waals surface area contributed by atoms with Gasteiger partial charge in [-0.25, -0.2) is 8.78 Å². The van der Waals surface area contributed by atoms with Crippen molar-refractivity contribution >= 4 is 21.0 Å². The Kier molecular flexibility index (Phi) is 4.75. The van der Waals surface area contributed by atoms with Crippen LogP contribution in [0.25, 0.3) is 0 Å². The Bertz CT molecular complexity index is 400. The number of alkyl halides is 3. The van der Waals surface area contributed by atoms with Crippen LogP contribution in [0, 0.1) is 3.56 Å². The van der Waals surface area contributed by atoms with Crippen molar-refractivity contribution in [1.82, 2.24) is 4.98 Å². The molecule has 0 radical (unpaired) electrons. The van der Waals surface area contributed by atoms with E-state index in [-0.39, 0.29) is 0 Å². The van der Waals surface area contributed by atoms with E-state index < -0.39 is 33.4 Å². The molecule has 0 spiro atoms. The van der Waals surface area contributed by atoms with Crippen molar-refractivity contribution in [3.63, 3.8) is 0 Å². The lowest BCUT2D eigenvalue weighted by atomic mass is 9.82. The SMILES string of the molecule is N=IC1CCC(F)(Cc2ccc(CF)nc2)CC1. The van der Waals surface area contributed by atoms with Gasteiger partial charge in [-0.1, -0.05) is 6.07 Å². The number of halogens is 3. The van der Waals surface area contributed by atoms with Crippen LogP contribution in [0.1, 0.15) is 36.9 Å². The minimum atomic E-state index is -1.14. The fraction of sp³-hybridized carbons (Fsp3) is 0.615. The van der Waals surface area contributed by atoms with Crippen LogP contribution in [-0.2, 0) is 13.1 Å². The van der Waals surface area contributed by atoms with Crippen molar-refractivity contribution < 1.29 is 8.78 Å². The van der Waals surface area contributed by atoms with Crippen molar-refractivity contribution in [1.29, 1.82) is 3.56 Å². The Balaban J connectivity index is 1.97. The van der Waals surface area contributed by atoms with Gasteiger partial charge in [-0.05, 0) is 58.3 Å². The lowest BCUT2D eigenvalue weighted by molar-refractivity contribution is 0.111. The summed E-state index contributed by atoms with van der Waals surface area (Å²) < 4.78 is 34.8. The summed E-state index contributed by atoms with van der Waals surface area (Å²) in [5, 5.41) is 0. The Morgan fingerprint density at radius 2 is 2.11 bits per heavy atom. The van der Waals surface area contributed by atoms with Gasteiger partial charge in [0.05, 0.1) is 5.69 Å². The number of aromatic nitrogens is 1.